The summed E-state index contributed by atoms with van der Waals surface area (Å²) in [5.41, 5.74) is 0.658. The molecule has 2 aliphatic rings. The van der Waals surface area contributed by atoms with Gasteiger partial charge in [-0.1, -0.05) is 0 Å². The van der Waals surface area contributed by atoms with Crippen LogP contribution in [-0.4, -0.2) is 34.3 Å². The Bertz CT molecular complexity index is 609. The second-order valence-electron chi connectivity index (χ2n) is 5.14. The van der Waals surface area contributed by atoms with Crippen molar-refractivity contribution in [2.75, 3.05) is 19.9 Å². The van der Waals surface area contributed by atoms with E-state index in [1.54, 1.807) is 13.0 Å². The van der Waals surface area contributed by atoms with Crippen molar-refractivity contribution >= 4 is 10.0 Å². The number of rotatable bonds is 3. The molecule has 0 aromatic heterocycles. The number of sulfonamides is 1. The molecule has 1 aromatic carbocycles. The molecule has 1 fully saturated rings. The first-order chi connectivity index (χ1) is 9.56. The van der Waals surface area contributed by atoms with E-state index in [0.717, 1.165) is 19.4 Å². The summed E-state index contributed by atoms with van der Waals surface area (Å²) in [5, 5.41) is 3.19. The number of ether oxygens (including phenoxy) is 2. The molecular weight excluding hydrogens is 280 g/mol. The molecule has 0 radical (unpaired) electrons. The second-order valence-corrected chi connectivity index (χ2v) is 6.82. The van der Waals surface area contributed by atoms with Crippen LogP contribution in [-0.2, 0) is 10.0 Å². The summed E-state index contributed by atoms with van der Waals surface area (Å²) in [5.74, 6) is 1.08. The molecule has 0 unspecified atom stereocenters. The normalized spacial score (nSPS) is 21.9. The van der Waals surface area contributed by atoms with Crippen LogP contribution in [0.3, 0.4) is 0 Å². The van der Waals surface area contributed by atoms with Gasteiger partial charge in [0.25, 0.3) is 0 Å². The lowest BCUT2D eigenvalue weighted by Gasteiger charge is -2.24. The van der Waals surface area contributed by atoms with E-state index >= 15 is 0 Å². The largest absolute Gasteiger partial charge is 0.454 e. The zero-order chi connectivity index (χ0) is 14.2. The molecule has 1 atom stereocenters. The first-order valence-electron chi connectivity index (χ1n) is 6.69. The van der Waals surface area contributed by atoms with Crippen molar-refractivity contribution in [3.63, 3.8) is 0 Å². The summed E-state index contributed by atoms with van der Waals surface area (Å²) in [4.78, 5) is 0.257. The monoisotopic (exact) mass is 298 g/mol. The Labute approximate surface area is 118 Å². The number of aryl methyl sites for hydroxylation is 1. The van der Waals surface area contributed by atoms with Gasteiger partial charge in [0.1, 0.15) is 0 Å². The molecule has 1 saturated heterocycles. The van der Waals surface area contributed by atoms with Crippen molar-refractivity contribution in [2.45, 2.75) is 30.7 Å². The number of benzene rings is 1. The first kappa shape index (κ1) is 13.7. The molecule has 6 nitrogen and oxygen atoms in total. The maximum absolute atomic E-state index is 12.5. The molecule has 0 bridgehead atoms. The van der Waals surface area contributed by atoms with E-state index in [4.69, 9.17) is 9.47 Å². The van der Waals surface area contributed by atoms with Gasteiger partial charge in [-0.15, -0.1) is 0 Å². The minimum atomic E-state index is -3.54. The lowest BCUT2D eigenvalue weighted by molar-refractivity contribution is 0.174. The van der Waals surface area contributed by atoms with Gasteiger partial charge in [0.2, 0.25) is 16.8 Å². The average Bonchev–Trinajstić information content (AvgIpc) is 2.85. The van der Waals surface area contributed by atoms with Gasteiger partial charge >= 0.3 is 0 Å². The smallest absolute Gasteiger partial charge is 0.241 e. The molecule has 2 N–H and O–H groups in total. The van der Waals surface area contributed by atoms with Crippen molar-refractivity contribution in [2.24, 2.45) is 0 Å². The van der Waals surface area contributed by atoms with Crippen LogP contribution >= 0.6 is 0 Å². The number of piperidine rings is 1. The molecule has 0 aliphatic carbocycles. The van der Waals surface area contributed by atoms with E-state index in [9.17, 15) is 8.42 Å². The van der Waals surface area contributed by atoms with Gasteiger partial charge in [0.05, 0.1) is 4.90 Å². The Kier molecular flexibility index (Phi) is 3.57. The van der Waals surface area contributed by atoms with E-state index in [2.05, 4.69) is 10.0 Å². The Morgan fingerprint density at radius 3 is 2.75 bits per heavy atom. The summed E-state index contributed by atoms with van der Waals surface area (Å²) in [6.07, 6.45) is 1.84. The van der Waals surface area contributed by atoms with Crippen molar-refractivity contribution in [1.29, 1.82) is 0 Å². The molecule has 3 rings (SSSR count). The zero-order valence-electron chi connectivity index (χ0n) is 11.3. The van der Waals surface area contributed by atoms with E-state index in [1.807, 2.05) is 0 Å². The minimum Gasteiger partial charge on any atom is -0.454 e. The second kappa shape index (κ2) is 5.23. The first-order valence-corrected chi connectivity index (χ1v) is 8.18. The summed E-state index contributed by atoms with van der Waals surface area (Å²) in [6.45, 7) is 3.51. The van der Waals surface area contributed by atoms with Crippen molar-refractivity contribution in [1.82, 2.24) is 10.0 Å². The third-order valence-corrected chi connectivity index (χ3v) is 5.24. The molecular formula is C13H18N2O4S. The van der Waals surface area contributed by atoms with Gasteiger partial charge in [0.15, 0.2) is 11.5 Å². The van der Waals surface area contributed by atoms with E-state index in [-0.39, 0.29) is 17.7 Å². The van der Waals surface area contributed by atoms with Crippen LogP contribution in [0.25, 0.3) is 0 Å². The predicted molar refractivity (Wildman–Crippen MR) is 73.5 cm³/mol. The Balaban J connectivity index is 1.87. The molecule has 20 heavy (non-hydrogen) atoms. The SMILES string of the molecule is Cc1cc2c(cc1S(=O)(=O)N[C@@H]1CCCNC1)OCO2. The Hall–Kier alpha value is -1.31. The topological polar surface area (TPSA) is 76.7 Å². The zero-order valence-corrected chi connectivity index (χ0v) is 12.1. The van der Waals surface area contributed by atoms with E-state index in [1.165, 1.54) is 6.07 Å². The lowest BCUT2D eigenvalue weighted by atomic mass is 10.1. The van der Waals surface area contributed by atoms with Crippen molar-refractivity contribution in [3.05, 3.63) is 17.7 Å². The molecule has 0 amide bonds. The van der Waals surface area contributed by atoms with E-state index < -0.39 is 10.0 Å². The Morgan fingerprint density at radius 1 is 1.30 bits per heavy atom. The van der Waals surface area contributed by atoms with Gasteiger partial charge in [-0.3, -0.25) is 0 Å². The fraction of sp³-hybridized carbons (Fsp3) is 0.538. The highest BCUT2D eigenvalue weighted by molar-refractivity contribution is 7.89. The highest BCUT2D eigenvalue weighted by Crippen LogP contribution is 2.36. The number of hydrogen-bond donors (Lipinski definition) is 2. The van der Waals surface area contributed by atoms with E-state index in [0.29, 0.717) is 23.6 Å². The molecule has 2 aliphatic heterocycles. The molecule has 1 aromatic rings. The van der Waals surface area contributed by atoms with Crippen molar-refractivity contribution in [3.8, 4) is 11.5 Å². The van der Waals surface area contributed by atoms with Crippen LogP contribution in [0.1, 0.15) is 18.4 Å². The summed E-state index contributed by atoms with van der Waals surface area (Å²) < 4.78 is 38.2. The Morgan fingerprint density at radius 2 is 2.05 bits per heavy atom. The van der Waals surface area contributed by atoms with Crippen molar-refractivity contribution < 1.29 is 17.9 Å². The number of nitrogens with one attached hydrogen (secondary N) is 2. The standard InChI is InChI=1S/C13H18N2O4S/c1-9-5-11-12(19-8-18-11)6-13(9)20(16,17)15-10-3-2-4-14-7-10/h5-6,10,14-15H,2-4,7-8H2,1H3/t10-/m1/s1. The third-order valence-electron chi connectivity index (χ3n) is 3.58. The van der Waals surface area contributed by atoms with Gasteiger partial charge in [-0.25, -0.2) is 13.1 Å². The summed E-state index contributed by atoms with van der Waals surface area (Å²) >= 11 is 0. The van der Waals surface area contributed by atoms with Crippen LogP contribution in [0.2, 0.25) is 0 Å². The molecule has 0 spiro atoms. The summed E-state index contributed by atoms with van der Waals surface area (Å²) in [7, 11) is -3.54. The van der Waals surface area contributed by atoms with Gasteiger partial charge in [-0.05, 0) is 37.9 Å². The third kappa shape index (κ3) is 2.61. The lowest BCUT2D eigenvalue weighted by Crippen LogP contribution is -2.45. The summed E-state index contributed by atoms with van der Waals surface area (Å²) in [6, 6.07) is 3.19. The maximum atomic E-state index is 12.5. The minimum absolute atomic E-state index is 0.0569. The fourth-order valence-electron chi connectivity index (χ4n) is 2.55. The molecule has 2 heterocycles. The van der Waals surface area contributed by atoms with Crippen LogP contribution in [0.4, 0.5) is 0 Å². The maximum Gasteiger partial charge on any atom is 0.241 e. The van der Waals surface area contributed by atoms with Gasteiger partial charge in [-0.2, -0.15) is 0 Å². The fourth-order valence-corrected chi connectivity index (χ4v) is 4.06. The highest BCUT2D eigenvalue weighted by atomic mass is 32.2. The predicted octanol–water partition coefficient (Wildman–Crippen LogP) is 0.754. The molecule has 110 valence electrons. The van der Waals surface area contributed by atoms with Gasteiger partial charge < -0.3 is 14.8 Å². The van der Waals surface area contributed by atoms with Crippen LogP contribution < -0.4 is 19.5 Å². The van der Waals surface area contributed by atoms with Crippen LogP contribution in [0.15, 0.2) is 17.0 Å². The van der Waals surface area contributed by atoms with Gasteiger partial charge in [0, 0.05) is 18.7 Å². The van der Waals surface area contributed by atoms with Crippen LogP contribution in [0.5, 0.6) is 11.5 Å². The number of hydrogen-bond acceptors (Lipinski definition) is 5. The molecule has 0 saturated carbocycles. The quantitative estimate of drug-likeness (QED) is 0.861. The highest BCUT2D eigenvalue weighted by Gasteiger charge is 2.26. The van der Waals surface area contributed by atoms with Crippen LogP contribution in [0, 0.1) is 6.92 Å². The average molecular weight is 298 g/mol. The molecule has 7 heteroatoms. The number of fused-ring (bicyclic) bond motifs is 1.